The molecule has 0 aromatic rings. The van der Waals surface area contributed by atoms with E-state index in [1.54, 1.807) is 4.90 Å². The zero-order chi connectivity index (χ0) is 15.2. The number of rotatable bonds is 5. The Morgan fingerprint density at radius 2 is 1.90 bits per heavy atom. The van der Waals surface area contributed by atoms with Crippen molar-refractivity contribution in [2.75, 3.05) is 13.1 Å². The van der Waals surface area contributed by atoms with Crippen molar-refractivity contribution < 1.29 is 19.5 Å². The monoisotopic (exact) mass is 296 g/mol. The number of piperazine rings is 1. The van der Waals surface area contributed by atoms with Gasteiger partial charge in [-0.05, 0) is 12.3 Å². The van der Waals surface area contributed by atoms with Crippen LogP contribution in [0.25, 0.3) is 0 Å². The minimum Gasteiger partial charge on any atom is -0.481 e. The Morgan fingerprint density at radius 3 is 2.57 bits per heavy atom. The van der Waals surface area contributed by atoms with Crippen molar-refractivity contribution in [2.45, 2.75) is 57.4 Å². The first-order valence-electron chi connectivity index (χ1n) is 7.87. The van der Waals surface area contributed by atoms with Crippen LogP contribution in [-0.4, -0.2) is 46.9 Å². The highest BCUT2D eigenvalue weighted by Gasteiger charge is 2.34. The van der Waals surface area contributed by atoms with Gasteiger partial charge in [0.2, 0.25) is 11.8 Å². The van der Waals surface area contributed by atoms with E-state index in [-0.39, 0.29) is 24.7 Å². The molecule has 118 valence electrons. The fourth-order valence-corrected chi connectivity index (χ4v) is 3.34. The lowest BCUT2D eigenvalue weighted by atomic mass is 9.84. The number of hydrogen-bond donors (Lipinski definition) is 2. The first-order chi connectivity index (χ1) is 10.1. The van der Waals surface area contributed by atoms with Crippen LogP contribution >= 0.6 is 0 Å². The minimum absolute atomic E-state index is 0.0240. The lowest BCUT2D eigenvalue weighted by Crippen LogP contribution is -2.57. The highest BCUT2D eigenvalue weighted by Crippen LogP contribution is 2.29. The Balaban J connectivity index is 1.96. The normalized spacial score (nSPS) is 23.7. The molecule has 1 saturated heterocycles. The summed E-state index contributed by atoms with van der Waals surface area (Å²) in [4.78, 5) is 36.5. The van der Waals surface area contributed by atoms with Gasteiger partial charge in [0.05, 0.1) is 6.42 Å². The van der Waals surface area contributed by atoms with Gasteiger partial charge in [-0.15, -0.1) is 0 Å². The average molecular weight is 296 g/mol. The number of nitrogens with zero attached hydrogens (tertiary/aromatic N) is 1. The third kappa shape index (κ3) is 4.44. The molecule has 1 aliphatic carbocycles. The van der Waals surface area contributed by atoms with Gasteiger partial charge in [0, 0.05) is 19.5 Å². The Bertz CT molecular complexity index is 404. The SMILES string of the molecule is O=C(O)CCC(=O)N1CCNC(=O)C1CC1CCCCC1. The van der Waals surface area contributed by atoms with Crippen LogP contribution in [0.3, 0.4) is 0 Å². The van der Waals surface area contributed by atoms with Crippen LogP contribution in [-0.2, 0) is 14.4 Å². The van der Waals surface area contributed by atoms with Gasteiger partial charge in [0.15, 0.2) is 0 Å². The molecule has 1 unspecified atom stereocenters. The molecule has 2 aliphatic rings. The van der Waals surface area contributed by atoms with Crippen molar-refractivity contribution in [1.82, 2.24) is 10.2 Å². The van der Waals surface area contributed by atoms with Crippen molar-refractivity contribution in [3.8, 4) is 0 Å². The molecule has 2 amide bonds. The maximum absolute atomic E-state index is 12.2. The second-order valence-corrected chi connectivity index (χ2v) is 6.03. The number of carbonyl (C=O) groups excluding carboxylic acids is 2. The van der Waals surface area contributed by atoms with Crippen LogP contribution in [0.4, 0.5) is 0 Å². The van der Waals surface area contributed by atoms with Crippen molar-refractivity contribution >= 4 is 17.8 Å². The molecule has 2 rings (SSSR count). The number of amides is 2. The Morgan fingerprint density at radius 1 is 1.19 bits per heavy atom. The summed E-state index contributed by atoms with van der Waals surface area (Å²) in [6, 6.07) is -0.414. The number of nitrogens with one attached hydrogen (secondary N) is 1. The number of carbonyl (C=O) groups is 3. The zero-order valence-electron chi connectivity index (χ0n) is 12.3. The second-order valence-electron chi connectivity index (χ2n) is 6.03. The third-order valence-corrected chi connectivity index (χ3v) is 4.49. The molecule has 6 nitrogen and oxygen atoms in total. The molecule has 0 spiro atoms. The molecule has 1 saturated carbocycles. The van der Waals surface area contributed by atoms with Crippen molar-refractivity contribution in [1.29, 1.82) is 0 Å². The first-order valence-corrected chi connectivity index (χ1v) is 7.87. The van der Waals surface area contributed by atoms with E-state index in [0.29, 0.717) is 25.4 Å². The predicted octanol–water partition coefficient (Wildman–Crippen LogP) is 1.15. The summed E-state index contributed by atoms with van der Waals surface area (Å²) in [5, 5.41) is 11.5. The van der Waals surface area contributed by atoms with E-state index in [9.17, 15) is 14.4 Å². The highest BCUT2D eigenvalue weighted by molar-refractivity contribution is 5.89. The van der Waals surface area contributed by atoms with Crippen LogP contribution < -0.4 is 5.32 Å². The summed E-state index contributed by atoms with van der Waals surface area (Å²) in [6.45, 7) is 0.945. The molecular formula is C15H24N2O4. The number of carboxylic acid groups (broad SMARTS) is 1. The standard InChI is InChI=1S/C15H24N2O4/c18-13(6-7-14(19)20)17-9-8-16-15(21)12(17)10-11-4-2-1-3-5-11/h11-12H,1-10H2,(H,16,21)(H,19,20). The molecule has 0 aromatic heterocycles. The van der Waals surface area contributed by atoms with Crippen LogP contribution in [0.1, 0.15) is 51.4 Å². The molecular weight excluding hydrogens is 272 g/mol. The molecule has 1 aliphatic heterocycles. The van der Waals surface area contributed by atoms with Crippen LogP contribution in [0.5, 0.6) is 0 Å². The number of carboxylic acids is 1. The summed E-state index contributed by atoms with van der Waals surface area (Å²) >= 11 is 0. The Hall–Kier alpha value is -1.59. The van der Waals surface area contributed by atoms with Crippen LogP contribution in [0, 0.1) is 5.92 Å². The fraction of sp³-hybridized carbons (Fsp3) is 0.800. The quantitative estimate of drug-likeness (QED) is 0.796. The van der Waals surface area contributed by atoms with Gasteiger partial charge in [-0.3, -0.25) is 14.4 Å². The van der Waals surface area contributed by atoms with E-state index in [2.05, 4.69) is 5.32 Å². The smallest absolute Gasteiger partial charge is 0.303 e. The van der Waals surface area contributed by atoms with Gasteiger partial charge >= 0.3 is 5.97 Å². The molecule has 0 bridgehead atoms. The Kier molecular flexibility index (Phi) is 5.59. The molecule has 0 radical (unpaired) electrons. The maximum atomic E-state index is 12.2. The van der Waals surface area contributed by atoms with E-state index < -0.39 is 12.0 Å². The molecule has 1 atom stereocenters. The average Bonchev–Trinajstić information content (AvgIpc) is 2.48. The summed E-state index contributed by atoms with van der Waals surface area (Å²) in [5.41, 5.74) is 0. The lowest BCUT2D eigenvalue weighted by Gasteiger charge is -2.37. The van der Waals surface area contributed by atoms with Gasteiger partial charge in [-0.2, -0.15) is 0 Å². The summed E-state index contributed by atoms with van der Waals surface area (Å²) in [6.07, 6.45) is 6.43. The highest BCUT2D eigenvalue weighted by atomic mass is 16.4. The minimum atomic E-state index is -0.978. The van der Waals surface area contributed by atoms with E-state index in [4.69, 9.17) is 5.11 Å². The first kappa shape index (κ1) is 15.8. The summed E-state index contributed by atoms with van der Waals surface area (Å²) < 4.78 is 0. The topological polar surface area (TPSA) is 86.7 Å². The lowest BCUT2D eigenvalue weighted by molar-refractivity contribution is -0.146. The molecule has 6 heteroatoms. The molecule has 2 N–H and O–H groups in total. The number of hydrogen-bond acceptors (Lipinski definition) is 3. The second kappa shape index (κ2) is 7.43. The molecule has 1 heterocycles. The van der Waals surface area contributed by atoms with Crippen LogP contribution in [0.15, 0.2) is 0 Å². The Labute approximate surface area is 124 Å². The van der Waals surface area contributed by atoms with Crippen LogP contribution in [0.2, 0.25) is 0 Å². The van der Waals surface area contributed by atoms with Crippen molar-refractivity contribution in [2.24, 2.45) is 5.92 Å². The van der Waals surface area contributed by atoms with E-state index in [0.717, 1.165) is 12.8 Å². The van der Waals surface area contributed by atoms with Gasteiger partial charge in [-0.25, -0.2) is 0 Å². The predicted molar refractivity (Wildman–Crippen MR) is 76.6 cm³/mol. The van der Waals surface area contributed by atoms with E-state index in [1.165, 1.54) is 19.3 Å². The fourth-order valence-electron chi connectivity index (χ4n) is 3.34. The molecule has 21 heavy (non-hydrogen) atoms. The molecule has 2 fully saturated rings. The maximum Gasteiger partial charge on any atom is 0.303 e. The van der Waals surface area contributed by atoms with Gasteiger partial charge in [0.25, 0.3) is 0 Å². The number of aliphatic carboxylic acids is 1. The van der Waals surface area contributed by atoms with E-state index >= 15 is 0 Å². The zero-order valence-corrected chi connectivity index (χ0v) is 12.3. The van der Waals surface area contributed by atoms with Crippen molar-refractivity contribution in [3.05, 3.63) is 0 Å². The van der Waals surface area contributed by atoms with Gasteiger partial charge in [-0.1, -0.05) is 32.1 Å². The summed E-state index contributed by atoms with van der Waals surface area (Å²) in [5.74, 6) is -0.778. The van der Waals surface area contributed by atoms with Gasteiger partial charge in [0.1, 0.15) is 6.04 Å². The largest absolute Gasteiger partial charge is 0.481 e. The summed E-state index contributed by atoms with van der Waals surface area (Å²) in [7, 11) is 0. The molecule has 0 aromatic carbocycles. The van der Waals surface area contributed by atoms with Gasteiger partial charge < -0.3 is 15.3 Å². The van der Waals surface area contributed by atoms with E-state index in [1.807, 2.05) is 0 Å². The third-order valence-electron chi connectivity index (χ3n) is 4.49. The van der Waals surface area contributed by atoms with Crippen molar-refractivity contribution in [3.63, 3.8) is 0 Å².